The maximum atomic E-state index is 12.4. The van der Waals surface area contributed by atoms with Crippen LogP contribution in [0.25, 0.3) is 0 Å². The van der Waals surface area contributed by atoms with Gasteiger partial charge in [-0.2, -0.15) is 0 Å². The number of ether oxygens (including phenoxy) is 2. The van der Waals surface area contributed by atoms with Gasteiger partial charge in [-0.3, -0.25) is 0 Å². The lowest BCUT2D eigenvalue weighted by atomic mass is 10.3. The lowest BCUT2D eigenvalue weighted by Crippen LogP contribution is -2.36. The summed E-state index contributed by atoms with van der Waals surface area (Å²) < 4.78 is 11.1. The molecule has 0 fully saturated rings. The zero-order chi connectivity index (χ0) is 25.1. The highest BCUT2D eigenvalue weighted by Gasteiger charge is 2.23. The van der Waals surface area contributed by atoms with Crippen LogP contribution < -0.4 is 10.6 Å². The van der Waals surface area contributed by atoms with E-state index in [1.807, 2.05) is 38.1 Å². The highest BCUT2D eigenvalue weighted by Crippen LogP contribution is 2.29. The summed E-state index contributed by atoms with van der Waals surface area (Å²) in [6, 6.07) is 14.2. The van der Waals surface area contributed by atoms with Crippen LogP contribution in [0.4, 0.5) is 0 Å². The minimum Gasteiger partial charge on any atom is -0.446 e. The molecule has 2 aromatic carbocycles. The molecule has 2 unspecified atom stereocenters. The maximum absolute atomic E-state index is 12.4. The molecule has 6 nitrogen and oxygen atoms in total. The molecule has 4 atom stereocenters. The van der Waals surface area contributed by atoms with Gasteiger partial charge >= 0.3 is 11.9 Å². The number of nitrogens with one attached hydrogen (secondary N) is 2. The van der Waals surface area contributed by atoms with Crippen LogP contribution in [0.1, 0.15) is 13.8 Å². The molecule has 0 radical (unpaired) electrons. The zero-order valence-electron chi connectivity index (χ0n) is 19.3. The average molecular weight is 544 g/mol. The number of benzene rings is 2. The van der Waals surface area contributed by atoms with Crippen molar-refractivity contribution in [3.8, 4) is 0 Å². The van der Waals surface area contributed by atoms with Gasteiger partial charge in [0.1, 0.15) is 0 Å². The molecule has 0 aliphatic rings. The lowest BCUT2D eigenvalue weighted by Gasteiger charge is -2.23. The predicted octanol–water partition coefficient (Wildman–Crippen LogP) is 5.39. The van der Waals surface area contributed by atoms with Gasteiger partial charge in [-0.05, 0) is 76.5 Å². The number of carbonyl (C=O) groups is 2. The van der Waals surface area contributed by atoms with Crippen LogP contribution in [0.3, 0.4) is 0 Å². The van der Waals surface area contributed by atoms with E-state index in [-0.39, 0.29) is 12.1 Å². The first kappa shape index (κ1) is 28.6. The maximum Gasteiger partial charge on any atom is 0.332 e. The molecule has 10 heteroatoms. The van der Waals surface area contributed by atoms with Gasteiger partial charge in [-0.1, -0.05) is 46.7 Å². The van der Waals surface area contributed by atoms with Crippen LogP contribution in [-0.2, 0) is 19.1 Å². The Labute approximate surface area is 219 Å². The number of likely N-dealkylation sites (N-methyl/N-ethyl adjacent to an activating group) is 2. The molecule has 0 aliphatic heterocycles. The van der Waals surface area contributed by atoms with Crippen LogP contribution in [0, 0.1) is 0 Å². The SMILES string of the molecule is CN[C@H](C)C(OC(=O)/C=C/C(=O)OC(Sc1ccc(Cl)cc1)[C@@H](C)NC)Sc1ccc(Cl)cc1. The number of hydrogen-bond donors (Lipinski definition) is 2. The molecule has 0 heterocycles. The first-order valence-corrected chi connectivity index (χ1v) is 13.0. The monoisotopic (exact) mass is 542 g/mol. The van der Waals surface area contributed by atoms with Gasteiger partial charge in [-0.25, -0.2) is 9.59 Å². The number of esters is 2. The van der Waals surface area contributed by atoms with E-state index in [0.717, 1.165) is 21.9 Å². The van der Waals surface area contributed by atoms with E-state index in [4.69, 9.17) is 32.7 Å². The third-order valence-corrected chi connectivity index (χ3v) is 7.75. The van der Waals surface area contributed by atoms with Crippen molar-refractivity contribution in [3.63, 3.8) is 0 Å². The van der Waals surface area contributed by atoms with Crippen molar-refractivity contribution in [3.05, 3.63) is 70.7 Å². The summed E-state index contributed by atoms with van der Waals surface area (Å²) in [5.74, 6) is -1.29. The summed E-state index contributed by atoms with van der Waals surface area (Å²) in [5, 5.41) is 7.41. The van der Waals surface area contributed by atoms with Crippen molar-refractivity contribution in [2.24, 2.45) is 0 Å². The second-order valence-corrected chi connectivity index (χ2v) is 10.5. The van der Waals surface area contributed by atoms with Gasteiger partial charge < -0.3 is 20.1 Å². The smallest absolute Gasteiger partial charge is 0.332 e. The Bertz CT molecular complexity index is 881. The van der Waals surface area contributed by atoms with Crippen LogP contribution in [-0.4, -0.2) is 49.0 Å². The number of rotatable bonds is 12. The molecule has 184 valence electrons. The van der Waals surface area contributed by atoms with Crippen molar-refractivity contribution in [1.82, 2.24) is 10.6 Å². The van der Waals surface area contributed by atoms with Crippen LogP contribution in [0.2, 0.25) is 10.0 Å². The summed E-state index contributed by atoms with van der Waals surface area (Å²) in [5.41, 5.74) is -1.03. The molecular weight excluding hydrogens is 515 g/mol. The molecule has 0 aromatic heterocycles. The summed E-state index contributed by atoms with van der Waals surface area (Å²) >= 11 is 14.6. The van der Waals surface area contributed by atoms with E-state index in [2.05, 4.69) is 10.6 Å². The van der Waals surface area contributed by atoms with Crippen LogP contribution in [0.5, 0.6) is 0 Å². The largest absolute Gasteiger partial charge is 0.446 e. The van der Waals surface area contributed by atoms with E-state index in [9.17, 15) is 9.59 Å². The number of thioether (sulfide) groups is 2. The molecule has 0 spiro atoms. The van der Waals surface area contributed by atoms with Crippen LogP contribution >= 0.6 is 46.7 Å². The fourth-order valence-corrected chi connectivity index (χ4v) is 4.81. The fourth-order valence-electron chi connectivity index (χ4n) is 2.47. The number of hydrogen-bond acceptors (Lipinski definition) is 8. The molecule has 0 bridgehead atoms. The summed E-state index contributed by atoms with van der Waals surface area (Å²) in [6.45, 7) is 3.80. The van der Waals surface area contributed by atoms with Crippen molar-refractivity contribution in [1.29, 1.82) is 0 Å². The number of carbonyl (C=O) groups excluding carboxylic acids is 2. The number of halogens is 2. The van der Waals surface area contributed by atoms with Gasteiger partial charge in [0.2, 0.25) is 0 Å². The molecule has 0 amide bonds. The topological polar surface area (TPSA) is 76.7 Å². The average Bonchev–Trinajstić information content (AvgIpc) is 2.83. The Hall–Kier alpha value is -1.68. The van der Waals surface area contributed by atoms with Gasteiger partial charge in [0.05, 0.1) is 12.1 Å². The molecule has 2 N–H and O–H groups in total. The third kappa shape index (κ3) is 9.90. The quantitative estimate of drug-likeness (QED) is 0.160. The zero-order valence-corrected chi connectivity index (χ0v) is 22.4. The minimum absolute atomic E-state index is 0.137. The Morgan fingerprint density at radius 3 is 1.35 bits per heavy atom. The Morgan fingerprint density at radius 2 is 1.06 bits per heavy atom. The minimum atomic E-state index is -0.644. The lowest BCUT2D eigenvalue weighted by molar-refractivity contribution is -0.142. The molecule has 2 rings (SSSR count). The Kier molecular flexibility index (Phi) is 12.3. The van der Waals surface area contributed by atoms with Gasteiger partial charge in [0, 0.05) is 32.0 Å². The van der Waals surface area contributed by atoms with Crippen molar-refractivity contribution < 1.29 is 19.1 Å². The molecule has 0 saturated carbocycles. The molecule has 0 saturated heterocycles. The van der Waals surface area contributed by atoms with Crippen molar-refractivity contribution in [2.45, 2.75) is 46.6 Å². The second kappa shape index (κ2) is 14.7. The van der Waals surface area contributed by atoms with Crippen molar-refractivity contribution >= 4 is 58.7 Å². The summed E-state index contributed by atoms with van der Waals surface area (Å²) in [6.07, 6.45) is 2.16. The van der Waals surface area contributed by atoms with Crippen molar-refractivity contribution in [2.75, 3.05) is 14.1 Å². The summed E-state index contributed by atoms with van der Waals surface area (Å²) in [7, 11) is 3.56. The first-order valence-electron chi connectivity index (χ1n) is 10.5. The van der Waals surface area contributed by atoms with E-state index in [1.165, 1.54) is 23.5 Å². The summed E-state index contributed by atoms with van der Waals surface area (Å²) in [4.78, 5) is 26.6. The van der Waals surface area contributed by atoms with Gasteiger partial charge in [-0.15, -0.1) is 0 Å². The molecular formula is C24H28Cl2N2O4S2. The van der Waals surface area contributed by atoms with E-state index >= 15 is 0 Å². The van der Waals surface area contributed by atoms with Gasteiger partial charge in [0.25, 0.3) is 0 Å². The Morgan fingerprint density at radius 1 is 0.735 bits per heavy atom. The Balaban J connectivity index is 1.98. The normalized spacial score (nSPS) is 14.9. The first-order chi connectivity index (χ1) is 16.2. The van der Waals surface area contributed by atoms with E-state index in [0.29, 0.717) is 10.0 Å². The highest BCUT2D eigenvalue weighted by molar-refractivity contribution is 8.00. The standard InChI is InChI=1S/C24H28Cl2N2O4S2/c1-15(27-3)23(33-19-9-5-17(25)6-10-19)31-21(29)13-14-22(30)32-24(16(2)28-4)34-20-11-7-18(26)8-12-20/h5-16,23-24,27-28H,1-4H3/b14-13+/t15-,16-,23?,24?/m1/s1. The second-order valence-electron chi connectivity index (χ2n) is 7.24. The highest BCUT2D eigenvalue weighted by atomic mass is 35.5. The molecule has 34 heavy (non-hydrogen) atoms. The fraction of sp³-hybridized carbons (Fsp3) is 0.333. The molecule has 0 aliphatic carbocycles. The predicted molar refractivity (Wildman–Crippen MR) is 141 cm³/mol. The van der Waals surface area contributed by atoms with Gasteiger partial charge in [0.15, 0.2) is 10.9 Å². The van der Waals surface area contributed by atoms with Crippen LogP contribution in [0.15, 0.2) is 70.5 Å². The van der Waals surface area contributed by atoms with E-state index in [1.54, 1.807) is 38.4 Å². The molecule has 2 aromatic rings. The third-order valence-electron chi connectivity index (χ3n) is 4.68. The van der Waals surface area contributed by atoms with E-state index < -0.39 is 22.8 Å².